The van der Waals surface area contributed by atoms with Crippen molar-refractivity contribution in [2.45, 2.75) is 0 Å². The molecule has 0 atom stereocenters. The van der Waals surface area contributed by atoms with E-state index in [9.17, 15) is 14.4 Å². The lowest BCUT2D eigenvalue weighted by atomic mass is 10.3. The summed E-state index contributed by atoms with van der Waals surface area (Å²) in [5.74, 6) is -0.647. The van der Waals surface area contributed by atoms with E-state index in [1.54, 1.807) is 39.4 Å². The number of amides is 2. The van der Waals surface area contributed by atoms with E-state index in [1.165, 1.54) is 17.6 Å². The molecule has 3 rings (SSSR count). The van der Waals surface area contributed by atoms with E-state index in [0.29, 0.717) is 36.8 Å². The number of piperazine rings is 1. The fraction of sp³-hybridized carbons (Fsp3) is 0.312. The zero-order chi connectivity index (χ0) is 16.9. The van der Waals surface area contributed by atoms with E-state index in [-0.39, 0.29) is 18.4 Å². The van der Waals surface area contributed by atoms with Gasteiger partial charge in [0.25, 0.3) is 11.8 Å². The fourth-order valence-corrected chi connectivity index (χ4v) is 3.02. The molecule has 2 aromatic rings. The molecule has 3 heterocycles. The van der Waals surface area contributed by atoms with Gasteiger partial charge in [-0.25, -0.2) is 4.79 Å². The van der Waals surface area contributed by atoms with Gasteiger partial charge < -0.3 is 19.0 Å². The summed E-state index contributed by atoms with van der Waals surface area (Å²) in [7, 11) is 0. The van der Waals surface area contributed by atoms with Crippen molar-refractivity contribution in [1.29, 1.82) is 0 Å². The third-order valence-corrected chi connectivity index (χ3v) is 4.55. The molecule has 0 saturated carbocycles. The van der Waals surface area contributed by atoms with Gasteiger partial charge in [-0.2, -0.15) is 0 Å². The predicted octanol–water partition coefficient (Wildman–Crippen LogP) is 1.48. The van der Waals surface area contributed by atoms with Crippen molar-refractivity contribution in [3.05, 3.63) is 46.5 Å². The van der Waals surface area contributed by atoms with E-state index in [4.69, 9.17) is 9.15 Å². The molecule has 0 bridgehead atoms. The number of hydrogen-bond acceptors (Lipinski definition) is 6. The summed E-state index contributed by atoms with van der Waals surface area (Å²) in [5, 5.41) is 1.77. The van der Waals surface area contributed by atoms with Crippen molar-refractivity contribution in [2.24, 2.45) is 0 Å². The van der Waals surface area contributed by atoms with Crippen LogP contribution in [-0.4, -0.2) is 60.4 Å². The molecule has 2 aromatic heterocycles. The standard InChI is InChI=1S/C16H16N2O5S/c19-14(11-23-16(21)13-4-2-10-24-13)17-5-7-18(8-6-17)15(20)12-3-1-9-22-12/h1-4,9-10H,5-8,11H2. The summed E-state index contributed by atoms with van der Waals surface area (Å²) >= 11 is 1.27. The largest absolute Gasteiger partial charge is 0.459 e. The lowest BCUT2D eigenvalue weighted by Crippen LogP contribution is -2.51. The Labute approximate surface area is 142 Å². The van der Waals surface area contributed by atoms with Gasteiger partial charge >= 0.3 is 5.97 Å². The Morgan fingerprint density at radius 1 is 1.08 bits per heavy atom. The maximum Gasteiger partial charge on any atom is 0.348 e. The Kier molecular flexibility index (Phi) is 4.95. The minimum absolute atomic E-state index is 0.184. The summed E-state index contributed by atoms with van der Waals surface area (Å²) in [5.41, 5.74) is 0. The Hall–Kier alpha value is -2.61. The van der Waals surface area contributed by atoms with Gasteiger partial charge in [0, 0.05) is 26.2 Å². The first-order chi connectivity index (χ1) is 11.6. The average Bonchev–Trinajstić information content (AvgIpc) is 3.32. The van der Waals surface area contributed by atoms with Crippen molar-refractivity contribution >= 4 is 29.1 Å². The molecular weight excluding hydrogens is 332 g/mol. The molecular formula is C16H16N2O5S. The van der Waals surface area contributed by atoms with Crippen LogP contribution in [0.1, 0.15) is 20.2 Å². The van der Waals surface area contributed by atoms with Crippen LogP contribution >= 0.6 is 11.3 Å². The van der Waals surface area contributed by atoms with Crippen molar-refractivity contribution in [2.75, 3.05) is 32.8 Å². The molecule has 0 N–H and O–H groups in total. The summed E-state index contributed by atoms with van der Waals surface area (Å²) in [6.07, 6.45) is 1.45. The average molecular weight is 348 g/mol. The number of esters is 1. The molecule has 24 heavy (non-hydrogen) atoms. The lowest BCUT2D eigenvalue weighted by Gasteiger charge is -2.34. The quantitative estimate of drug-likeness (QED) is 0.782. The third kappa shape index (κ3) is 3.65. The minimum atomic E-state index is -0.495. The van der Waals surface area contributed by atoms with E-state index in [1.807, 2.05) is 0 Å². The summed E-state index contributed by atoms with van der Waals surface area (Å²) < 4.78 is 10.1. The van der Waals surface area contributed by atoms with Gasteiger partial charge in [-0.1, -0.05) is 6.07 Å². The van der Waals surface area contributed by atoms with Crippen molar-refractivity contribution < 1.29 is 23.5 Å². The van der Waals surface area contributed by atoms with Gasteiger partial charge in [0.2, 0.25) is 0 Å². The normalized spacial score (nSPS) is 14.5. The zero-order valence-corrected chi connectivity index (χ0v) is 13.7. The van der Waals surface area contributed by atoms with Crippen LogP contribution in [0.2, 0.25) is 0 Å². The zero-order valence-electron chi connectivity index (χ0n) is 12.8. The second kappa shape index (κ2) is 7.31. The van der Waals surface area contributed by atoms with Gasteiger partial charge in [0.1, 0.15) is 4.88 Å². The van der Waals surface area contributed by atoms with Crippen LogP contribution in [-0.2, 0) is 9.53 Å². The van der Waals surface area contributed by atoms with Gasteiger partial charge in [-0.15, -0.1) is 11.3 Å². The summed E-state index contributed by atoms with van der Waals surface area (Å²) in [4.78, 5) is 39.7. The number of furan rings is 1. The monoisotopic (exact) mass is 348 g/mol. The van der Waals surface area contributed by atoms with E-state index >= 15 is 0 Å². The minimum Gasteiger partial charge on any atom is -0.459 e. The Morgan fingerprint density at radius 3 is 2.46 bits per heavy atom. The van der Waals surface area contributed by atoms with Crippen LogP contribution in [0, 0.1) is 0 Å². The van der Waals surface area contributed by atoms with Crippen LogP contribution in [0.5, 0.6) is 0 Å². The van der Waals surface area contributed by atoms with Crippen LogP contribution < -0.4 is 0 Å². The van der Waals surface area contributed by atoms with Gasteiger partial charge in [-0.05, 0) is 23.6 Å². The molecule has 0 unspecified atom stereocenters. The van der Waals surface area contributed by atoms with E-state index in [2.05, 4.69) is 0 Å². The molecule has 1 saturated heterocycles. The van der Waals surface area contributed by atoms with Crippen LogP contribution in [0.25, 0.3) is 0 Å². The fourth-order valence-electron chi connectivity index (χ4n) is 2.40. The van der Waals surface area contributed by atoms with Crippen LogP contribution in [0.3, 0.4) is 0 Å². The number of nitrogens with zero attached hydrogens (tertiary/aromatic N) is 2. The van der Waals surface area contributed by atoms with Gasteiger partial charge in [-0.3, -0.25) is 9.59 Å². The molecule has 7 nitrogen and oxygen atoms in total. The van der Waals surface area contributed by atoms with Crippen LogP contribution in [0.4, 0.5) is 0 Å². The predicted molar refractivity (Wildman–Crippen MR) is 85.8 cm³/mol. The van der Waals surface area contributed by atoms with Crippen LogP contribution in [0.15, 0.2) is 40.3 Å². The lowest BCUT2D eigenvalue weighted by molar-refractivity contribution is -0.136. The number of thiophene rings is 1. The number of carbonyl (C=O) groups is 3. The van der Waals surface area contributed by atoms with E-state index in [0.717, 1.165) is 0 Å². The molecule has 2 amide bonds. The Morgan fingerprint density at radius 2 is 1.83 bits per heavy atom. The highest BCUT2D eigenvalue weighted by molar-refractivity contribution is 7.11. The molecule has 126 valence electrons. The molecule has 0 radical (unpaired) electrons. The second-order valence-corrected chi connectivity index (χ2v) is 6.15. The second-order valence-electron chi connectivity index (χ2n) is 5.20. The maximum absolute atomic E-state index is 12.1. The third-order valence-electron chi connectivity index (χ3n) is 3.70. The topological polar surface area (TPSA) is 80.1 Å². The Bertz CT molecular complexity index is 703. The number of ether oxygens (including phenoxy) is 1. The molecule has 0 spiro atoms. The first-order valence-electron chi connectivity index (χ1n) is 7.46. The highest BCUT2D eigenvalue weighted by Gasteiger charge is 2.26. The van der Waals surface area contributed by atoms with Crippen molar-refractivity contribution in [1.82, 2.24) is 9.80 Å². The Balaban J connectivity index is 1.45. The SMILES string of the molecule is O=C(OCC(=O)N1CCN(C(=O)c2ccco2)CC1)c1cccs1. The highest BCUT2D eigenvalue weighted by Crippen LogP contribution is 2.11. The maximum atomic E-state index is 12.1. The number of hydrogen-bond donors (Lipinski definition) is 0. The first-order valence-corrected chi connectivity index (χ1v) is 8.34. The van der Waals surface area contributed by atoms with Gasteiger partial charge in [0.15, 0.2) is 12.4 Å². The van der Waals surface area contributed by atoms with Gasteiger partial charge in [0.05, 0.1) is 6.26 Å². The van der Waals surface area contributed by atoms with Crippen molar-refractivity contribution in [3.8, 4) is 0 Å². The molecule has 8 heteroatoms. The highest BCUT2D eigenvalue weighted by atomic mass is 32.1. The molecule has 0 aliphatic carbocycles. The number of carbonyl (C=O) groups excluding carboxylic acids is 3. The van der Waals surface area contributed by atoms with Crippen molar-refractivity contribution in [3.63, 3.8) is 0 Å². The first kappa shape index (κ1) is 16.3. The smallest absolute Gasteiger partial charge is 0.348 e. The summed E-state index contributed by atoms with van der Waals surface area (Å²) in [6.45, 7) is 1.36. The number of rotatable bonds is 4. The molecule has 1 aliphatic heterocycles. The molecule has 1 aliphatic rings. The molecule has 1 fully saturated rings. The summed E-state index contributed by atoms with van der Waals surface area (Å²) in [6, 6.07) is 6.67. The molecule has 0 aromatic carbocycles. The van der Waals surface area contributed by atoms with E-state index < -0.39 is 5.97 Å².